The molecule has 0 heterocycles. The molecular weight excluding hydrogens is 128 g/mol. The highest BCUT2D eigenvalue weighted by Crippen LogP contribution is 2.00. The van der Waals surface area contributed by atoms with Gasteiger partial charge >= 0.3 is 0 Å². The molecule has 9 heavy (non-hydrogen) atoms. The van der Waals surface area contributed by atoms with Crippen molar-refractivity contribution in [2.24, 2.45) is 0 Å². The Morgan fingerprint density at radius 3 is 2.67 bits per heavy atom. The van der Waals surface area contributed by atoms with E-state index < -0.39 is 0 Å². The van der Waals surface area contributed by atoms with Gasteiger partial charge in [-0.1, -0.05) is 42.0 Å². The van der Waals surface area contributed by atoms with Gasteiger partial charge in [-0.2, -0.15) is 0 Å². The minimum atomic E-state index is 1.12. The van der Waals surface area contributed by atoms with Crippen LogP contribution in [0.15, 0.2) is 24.3 Å². The highest BCUT2D eigenvalue weighted by atomic mass is 32.1. The van der Waals surface area contributed by atoms with Crippen molar-refractivity contribution in [2.45, 2.75) is 6.92 Å². The van der Waals surface area contributed by atoms with Gasteiger partial charge in [0.05, 0.1) is 0 Å². The fraction of sp³-hybridized carbons (Fsp3) is 0.125. The molecule has 0 saturated carbocycles. The lowest BCUT2D eigenvalue weighted by Gasteiger charge is -1.91. The lowest BCUT2D eigenvalue weighted by molar-refractivity contribution is 1.47. The van der Waals surface area contributed by atoms with Crippen molar-refractivity contribution in [1.29, 1.82) is 0 Å². The summed E-state index contributed by atoms with van der Waals surface area (Å²) in [6, 6.07) is 8.13. The second-order valence-corrected chi connectivity index (χ2v) is 2.27. The maximum atomic E-state index is 4.75. The third-order valence-corrected chi connectivity index (χ3v) is 1.45. The average molecular weight is 136 g/mol. The van der Waals surface area contributed by atoms with Crippen LogP contribution in [0, 0.1) is 6.92 Å². The first-order valence-electron chi connectivity index (χ1n) is 2.85. The lowest BCUT2D eigenvalue weighted by Crippen LogP contribution is -1.77. The van der Waals surface area contributed by atoms with Crippen molar-refractivity contribution in [3.8, 4) is 0 Å². The van der Waals surface area contributed by atoms with Crippen LogP contribution in [0.3, 0.4) is 0 Å². The van der Waals surface area contributed by atoms with Gasteiger partial charge in [-0.3, -0.25) is 0 Å². The summed E-state index contributed by atoms with van der Waals surface area (Å²) < 4.78 is 0. The molecule has 0 radical (unpaired) electrons. The number of thiocarbonyl (C=S) groups is 1. The maximum Gasteiger partial charge on any atom is 0.00862 e. The Morgan fingerprint density at radius 2 is 2.22 bits per heavy atom. The number of aryl methyl sites for hydroxylation is 1. The number of hydrogen-bond donors (Lipinski definition) is 0. The van der Waals surface area contributed by atoms with Crippen LogP contribution in [0.4, 0.5) is 0 Å². The topological polar surface area (TPSA) is 0 Å². The molecule has 0 aliphatic carbocycles. The van der Waals surface area contributed by atoms with Gasteiger partial charge in [-0.25, -0.2) is 0 Å². The van der Waals surface area contributed by atoms with Gasteiger partial charge in [0.15, 0.2) is 0 Å². The monoisotopic (exact) mass is 136 g/mol. The molecule has 0 amide bonds. The molecule has 0 aromatic heterocycles. The Kier molecular flexibility index (Phi) is 1.96. The van der Waals surface area contributed by atoms with Gasteiger partial charge in [0.1, 0.15) is 0 Å². The van der Waals surface area contributed by atoms with Crippen LogP contribution in [0.25, 0.3) is 0 Å². The number of benzene rings is 1. The van der Waals surface area contributed by atoms with E-state index in [2.05, 4.69) is 19.1 Å². The first-order chi connectivity index (χ1) is 4.33. The minimum Gasteiger partial charge on any atom is -0.0881 e. The molecule has 0 saturated heterocycles. The van der Waals surface area contributed by atoms with Crippen LogP contribution in [-0.2, 0) is 0 Å². The van der Waals surface area contributed by atoms with Crippen molar-refractivity contribution in [3.63, 3.8) is 0 Å². The zero-order valence-corrected chi connectivity index (χ0v) is 6.11. The van der Waals surface area contributed by atoms with Gasteiger partial charge in [0.25, 0.3) is 0 Å². The van der Waals surface area contributed by atoms with Crippen molar-refractivity contribution in [3.05, 3.63) is 35.4 Å². The van der Waals surface area contributed by atoms with Crippen LogP contribution >= 0.6 is 12.2 Å². The molecule has 1 aromatic carbocycles. The molecule has 0 nitrogen and oxygen atoms in total. The van der Waals surface area contributed by atoms with E-state index in [1.54, 1.807) is 5.37 Å². The van der Waals surface area contributed by atoms with Gasteiger partial charge in [0, 0.05) is 5.37 Å². The summed E-state index contributed by atoms with van der Waals surface area (Å²) in [6.45, 7) is 2.06. The first kappa shape index (κ1) is 6.43. The van der Waals surface area contributed by atoms with E-state index in [-0.39, 0.29) is 0 Å². The standard InChI is InChI=1S/C8H8S/c1-7-3-2-4-8(5-7)6-9/h2-6H,1H3. The Labute approximate surface area is 60.5 Å². The second kappa shape index (κ2) is 2.74. The molecular formula is C8H8S. The first-order valence-corrected chi connectivity index (χ1v) is 3.32. The predicted octanol–water partition coefficient (Wildman–Crippen LogP) is 2.34. The molecule has 0 unspecified atom stereocenters. The Bertz CT molecular complexity index is 216. The highest BCUT2D eigenvalue weighted by molar-refractivity contribution is 7.79. The van der Waals surface area contributed by atoms with Crippen LogP contribution < -0.4 is 0 Å². The highest BCUT2D eigenvalue weighted by Gasteiger charge is 1.84. The van der Waals surface area contributed by atoms with Crippen molar-refractivity contribution in [2.75, 3.05) is 0 Å². The summed E-state index contributed by atoms with van der Waals surface area (Å²) >= 11 is 4.75. The summed E-state index contributed by atoms with van der Waals surface area (Å²) in [5, 5.41) is 1.69. The SMILES string of the molecule is Cc1cccc(C=S)c1. The maximum absolute atomic E-state index is 4.75. The molecule has 0 aliphatic heterocycles. The van der Waals surface area contributed by atoms with Crippen LogP contribution in [0.1, 0.15) is 11.1 Å². The van der Waals surface area contributed by atoms with E-state index in [0.717, 1.165) is 5.56 Å². The average Bonchev–Trinajstić information content (AvgIpc) is 1.88. The lowest BCUT2D eigenvalue weighted by atomic mass is 10.2. The molecule has 0 N–H and O–H groups in total. The number of hydrogen-bond acceptors (Lipinski definition) is 1. The van der Waals surface area contributed by atoms with Gasteiger partial charge in [-0.15, -0.1) is 0 Å². The Balaban J connectivity index is 3.07. The largest absolute Gasteiger partial charge is 0.0881 e. The normalized spacial score (nSPS) is 9.00. The van der Waals surface area contributed by atoms with Crippen LogP contribution in [0.5, 0.6) is 0 Å². The fourth-order valence-electron chi connectivity index (χ4n) is 0.743. The quantitative estimate of drug-likeness (QED) is 0.534. The van der Waals surface area contributed by atoms with E-state index in [1.807, 2.05) is 12.1 Å². The molecule has 46 valence electrons. The summed E-state index contributed by atoms with van der Waals surface area (Å²) in [4.78, 5) is 0. The van der Waals surface area contributed by atoms with Gasteiger partial charge in [0.2, 0.25) is 0 Å². The molecule has 1 aromatic rings. The minimum absolute atomic E-state index is 1.12. The van der Waals surface area contributed by atoms with E-state index in [4.69, 9.17) is 12.2 Å². The predicted molar refractivity (Wildman–Crippen MR) is 43.9 cm³/mol. The van der Waals surface area contributed by atoms with E-state index >= 15 is 0 Å². The summed E-state index contributed by atoms with van der Waals surface area (Å²) in [5.74, 6) is 0. The molecule has 0 aliphatic rings. The molecule has 0 atom stereocenters. The van der Waals surface area contributed by atoms with Crippen LogP contribution in [-0.4, -0.2) is 5.37 Å². The molecule has 1 rings (SSSR count). The van der Waals surface area contributed by atoms with E-state index in [0.29, 0.717) is 0 Å². The molecule has 0 spiro atoms. The molecule has 0 bridgehead atoms. The second-order valence-electron chi connectivity index (χ2n) is 2.03. The van der Waals surface area contributed by atoms with Gasteiger partial charge in [-0.05, 0) is 12.5 Å². The van der Waals surface area contributed by atoms with E-state index in [1.165, 1.54) is 5.56 Å². The van der Waals surface area contributed by atoms with Crippen LogP contribution in [0.2, 0.25) is 0 Å². The van der Waals surface area contributed by atoms with Crippen molar-refractivity contribution in [1.82, 2.24) is 0 Å². The Morgan fingerprint density at radius 1 is 1.44 bits per heavy atom. The summed E-state index contributed by atoms with van der Waals surface area (Å²) in [6.07, 6.45) is 0. The number of rotatable bonds is 1. The zero-order valence-electron chi connectivity index (χ0n) is 5.29. The smallest absolute Gasteiger partial charge is 0.00862 e. The Hall–Kier alpha value is -0.690. The molecule has 0 fully saturated rings. The van der Waals surface area contributed by atoms with Crippen molar-refractivity contribution >= 4 is 17.6 Å². The zero-order chi connectivity index (χ0) is 6.69. The fourth-order valence-corrected chi connectivity index (χ4v) is 0.890. The third-order valence-electron chi connectivity index (χ3n) is 1.18. The molecule has 1 heteroatoms. The van der Waals surface area contributed by atoms with Gasteiger partial charge < -0.3 is 0 Å². The van der Waals surface area contributed by atoms with E-state index in [9.17, 15) is 0 Å². The van der Waals surface area contributed by atoms with Crippen molar-refractivity contribution < 1.29 is 0 Å². The summed E-state index contributed by atoms with van der Waals surface area (Å²) in [7, 11) is 0. The third kappa shape index (κ3) is 1.61. The summed E-state index contributed by atoms with van der Waals surface area (Å²) in [5.41, 5.74) is 2.37.